The number of allylic oxidation sites excluding steroid dienone is 2. The molecule has 1 aromatic rings. The second-order valence-corrected chi connectivity index (χ2v) is 5.41. The molecule has 110 valence electrons. The molecule has 0 radical (unpaired) electrons. The monoisotopic (exact) mass is 299 g/mol. The van der Waals surface area contributed by atoms with Gasteiger partial charge in [0.15, 0.2) is 0 Å². The summed E-state index contributed by atoms with van der Waals surface area (Å²) in [4.78, 5) is 2.84. The van der Waals surface area contributed by atoms with Crippen molar-refractivity contribution < 1.29 is 0 Å². The number of benzene rings is 1. The fourth-order valence-corrected chi connectivity index (χ4v) is 2.17. The zero-order valence-corrected chi connectivity index (χ0v) is 13.4. The van der Waals surface area contributed by atoms with Gasteiger partial charge in [-0.15, -0.1) is 17.5 Å². The molecule has 0 aliphatic carbocycles. The van der Waals surface area contributed by atoms with Crippen LogP contribution in [0.3, 0.4) is 0 Å². The first-order chi connectivity index (χ1) is 10.3. The van der Waals surface area contributed by atoms with E-state index in [0.29, 0.717) is 5.69 Å². The Kier molecular flexibility index (Phi) is 8.90. The Morgan fingerprint density at radius 3 is 2.95 bits per heavy atom. The van der Waals surface area contributed by atoms with Crippen molar-refractivity contribution in [3.63, 3.8) is 0 Å². The van der Waals surface area contributed by atoms with Gasteiger partial charge in [0, 0.05) is 10.6 Å². The molecule has 0 atom stereocenters. The zero-order chi connectivity index (χ0) is 15.3. The average molecular weight is 299 g/mol. The maximum atomic E-state index is 8.54. The molecule has 0 saturated heterocycles. The Hall–Kier alpha value is -1.86. The Morgan fingerprint density at radius 2 is 2.19 bits per heavy atom. The first-order valence-electron chi connectivity index (χ1n) is 7.02. The van der Waals surface area contributed by atoms with Crippen molar-refractivity contribution in [1.82, 2.24) is 0 Å². The van der Waals surface area contributed by atoms with Gasteiger partial charge in [-0.2, -0.15) is 0 Å². The van der Waals surface area contributed by atoms with Crippen molar-refractivity contribution in [2.24, 2.45) is 5.11 Å². The van der Waals surface area contributed by atoms with Crippen LogP contribution in [0.4, 0.5) is 5.69 Å². The van der Waals surface area contributed by atoms with Crippen molar-refractivity contribution in [3.05, 3.63) is 63.1 Å². The number of hydrogen-bond donors (Lipinski definition) is 0. The van der Waals surface area contributed by atoms with E-state index in [9.17, 15) is 0 Å². The summed E-state index contributed by atoms with van der Waals surface area (Å²) in [6.45, 7) is 2.09. The van der Waals surface area contributed by atoms with Crippen LogP contribution in [0.15, 0.2) is 52.2 Å². The second-order valence-electron chi connectivity index (χ2n) is 4.67. The van der Waals surface area contributed by atoms with Crippen LogP contribution in [0.1, 0.15) is 38.2 Å². The van der Waals surface area contributed by atoms with Gasteiger partial charge >= 0.3 is 0 Å². The molecule has 0 saturated carbocycles. The minimum absolute atomic E-state index is 0.641. The third kappa shape index (κ3) is 7.48. The van der Waals surface area contributed by atoms with E-state index in [2.05, 4.69) is 40.4 Å². The third-order valence-electron chi connectivity index (χ3n) is 2.97. The van der Waals surface area contributed by atoms with Gasteiger partial charge in [0.25, 0.3) is 0 Å². The molecule has 0 amide bonds. The van der Waals surface area contributed by atoms with Crippen molar-refractivity contribution in [3.8, 4) is 0 Å². The molecule has 0 aliphatic heterocycles. The van der Waals surface area contributed by atoms with Crippen molar-refractivity contribution in [1.29, 1.82) is 0 Å². The molecule has 0 heterocycles. The van der Waals surface area contributed by atoms with E-state index in [1.807, 2.05) is 24.3 Å². The molecule has 0 N–H and O–H groups in total. The van der Waals surface area contributed by atoms with Gasteiger partial charge in [0.2, 0.25) is 0 Å². The first-order valence-corrected chi connectivity index (χ1v) is 8.31. The van der Waals surface area contributed by atoms with Crippen LogP contribution in [0.2, 0.25) is 0 Å². The van der Waals surface area contributed by atoms with Crippen LogP contribution in [0, 0.1) is 0 Å². The molecule has 1 rings (SSSR count). The van der Waals surface area contributed by atoms with Crippen molar-refractivity contribution >= 4 is 23.5 Å². The summed E-state index contributed by atoms with van der Waals surface area (Å²) >= 11 is 1.74. The van der Waals surface area contributed by atoms with Crippen LogP contribution in [0.25, 0.3) is 16.5 Å². The number of hydrogen-bond acceptors (Lipinski definition) is 2. The molecular weight excluding hydrogens is 278 g/mol. The number of nitrogens with zero attached hydrogens (tertiary/aromatic N) is 3. The molecule has 4 heteroatoms. The Labute approximate surface area is 131 Å². The number of thioether (sulfide) groups is 1. The smallest absolute Gasteiger partial charge is 0.0453 e. The molecule has 21 heavy (non-hydrogen) atoms. The highest BCUT2D eigenvalue weighted by Crippen LogP contribution is 2.20. The molecule has 0 unspecified atom stereocenters. The topological polar surface area (TPSA) is 48.8 Å². The van der Waals surface area contributed by atoms with E-state index in [-0.39, 0.29) is 0 Å². The Morgan fingerprint density at radius 1 is 1.38 bits per heavy atom. The molecule has 0 aliphatic rings. The fourth-order valence-electron chi connectivity index (χ4n) is 1.84. The molecule has 0 bridgehead atoms. The van der Waals surface area contributed by atoms with Crippen molar-refractivity contribution in [2.45, 2.75) is 32.6 Å². The zero-order valence-electron chi connectivity index (χ0n) is 12.6. The highest BCUT2D eigenvalue weighted by molar-refractivity contribution is 8.01. The summed E-state index contributed by atoms with van der Waals surface area (Å²) in [5.41, 5.74) is 14.6. The summed E-state index contributed by atoms with van der Waals surface area (Å²) in [5.74, 6) is 0. The largest absolute Gasteiger partial charge is 0.138 e. The molecule has 0 spiro atoms. The van der Waals surface area contributed by atoms with Gasteiger partial charge in [-0.3, -0.25) is 0 Å². The van der Waals surface area contributed by atoms with E-state index in [1.54, 1.807) is 17.8 Å². The van der Waals surface area contributed by atoms with E-state index < -0.39 is 0 Å². The Bertz CT molecular complexity index is 577. The number of unbranched alkanes of at least 4 members (excludes halogenated alkanes) is 2. The lowest BCUT2D eigenvalue weighted by molar-refractivity contribution is 0.743. The first kappa shape index (κ1) is 17.2. The van der Waals surface area contributed by atoms with Gasteiger partial charge in [0.05, 0.1) is 0 Å². The summed E-state index contributed by atoms with van der Waals surface area (Å²) < 4.78 is 0. The SMILES string of the molecule is CS/C=C/CCCCC(C)=C=Cc1ccccc1N=[N+]=[N-]. The van der Waals surface area contributed by atoms with E-state index in [0.717, 1.165) is 18.4 Å². The van der Waals surface area contributed by atoms with Crippen LogP contribution in [-0.4, -0.2) is 6.26 Å². The highest BCUT2D eigenvalue weighted by atomic mass is 32.2. The molecule has 0 fully saturated rings. The Balaban J connectivity index is 2.57. The van der Waals surface area contributed by atoms with E-state index in [1.165, 1.54) is 18.4 Å². The number of azide groups is 1. The lowest BCUT2D eigenvalue weighted by atomic mass is 10.1. The van der Waals surface area contributed by atoms with E-state index in [4.69, 9.17) is 5.53 Å². The van der Waals surface area contributed by atoms with Crippen LogP contribution >= 0.6 is 11.8 Å². The second kappa shape index (κ2) is 10.9. The van der Waals surface area contributed by atoms with Gasteiger partial charge < -0.3 is 0 Å². The minimum Gasteiger partial charge on any atom is -0.138 e. The van der Waals surface area contributed by atoms with Crippen LogP contribution < -0.4 is 0 Å². The lowest BCUT2D eigenvalue weighted by Gasteiger charge is -1.98. The van der Waals surface area contributed by atoms with Crippen LogP contribution in [0.5, 0.6) is 0 Å². The normalized spacial score (nSPS) is 10.0. The maximum Gasteiger partial charge on any atom is 0.0453 e. The summed E-state index contributed by atoms with van der Waals surface area (Å²) in [6, 6.07) is 7.52. The van der Waals surface area contributed by atoms with Crippen molar-refractivity contribution in [2.75, 3.05) is 6.26 Å². The summed E-state index contributed by atoms with van der Waals surface area (Å²) in [7, 11) is 0. The minimum atomic E-state index is 0.641. The lowest BCUT2D eigenvalue weighted by Crippen LogP contribution is -1.78. The standard InChI is InChI=1S/C17H21N3S/c1-15(9-5-3-4-8-14-21-2)12-13-16-10-6-7-11-17(16)19-20-18/h6-8,10-11,13-14H,3-5,9H2,1-2H3/b14-8+. The van der Waals surface area contributed by atoms with Crippen LogP contribution in [-0.2, 0) is 0 Å². The molecule has 1 aromatic carbocycles. The highest BCUT2D eigenvalue weighted by Gasteiger charge is 1.94. The van der Waals surface area contributed by atoms with Gasteiger partial charge in [-0.1, -0.05) is 35.5 Å². The molecule has 0 aromatic heterocycles. The number of rotatable bonds is 8. The van der Waals surface area contributed by atoms with Gasteiger partial charge in [-0.05, 0) is 67.0 Å². The van der Waals surface area contributed by atoms with E-state index >= 15 is 0 Å². The molecular formula is C17H21N3S. The maximum absolute atomic E-state index is 8.54. The predicted molar refractivity (Wildman–Crippen MR) is 93.5 cm³/mol. The van der Waals surface area contributed by atoms with Gasteiger partial charge in [0.1, 0.15) is 0 Å². The predicted octanol–water partition coefficient (Wildman–Crippen LogP) is 6.62. The quantitative estimate of drug-likeness (QED) is 0.175. The molecule has 3 nitrogen and oxygen atoms in total. The fraction of sp³-hybridized carbons (Fsp3) is 0.353. The third-order valence-corrected chi connectivity index (χ3v) is 3.43. The summed E-state index contributed by atoms with van der Waals surface area (Å²) in [6.07, 6.45) is 10.7. The summed E-state index contributed by atoms with van der Waals surface area (Å²) in [5, 5.41) is 5.81. The van der Waals surface area contributed by atoms with Gasteiger partial charge in [-0.25, -0.2) is 0 Å². The average Bonchev–Trinajstić information content (AvgIpc) is 2.50.